The Kier molecular flexibility index (Phi) is 8.16. The lowest BCUT2D eigenvalue weighted by Crippen LogP contribution is -2.26. The van der Waals surface area contributed by atoms with Crippen LogP contribution in [0.25, 0.3) is 16.6 Å². The van der Waals surface area contributed by atoms with E-state index in [4.69, 9.17) is 14.5 Å². The molecule has 0 unspecified atom stereocenters. The maximum Gasteiger partial charge on any atom is 0.347 e. The van der Waals surface area contributed by atoms with Crippen molar-refractivity contribution in [1.82, 2.24) is 14.2 Å². The van der Waals surface area contributed by atoms with Gasteiger partial charge in [0.15, 0.2) is 6.10 Å². The fourth-order valence-corrected chi connectivity index (χ4v) is 4.63. The number of aryl methyl sites for hydroxylation is 1. The van der Waals surface area contributed by atoms with Crippen LogP contribution in [-0.2, 0) is 9.53 Å². The Hall–Kier alpha value is -3.72. The summed E-state index contributed by atoms with van der Waals surface area (Å²) in [4.78, 5) is 29.9. The van der Waals surface area contributed by atoms with Gasteiger partial charge < -0.3 is 14.0 Å². The molecule has 8 nitrogen and oxygen atoms in total. The third kappa shape index (κ3) is 5.57. The minimum atomic E-state index is -0.691. The van der Waals surface area contributed by atoms with Crippen molar-refractivity contribution in [3.63, 3.8) is 0 Å². The monoisotopic (exact) mass is 578 g/mol. The number of esters is 1. The van der Waals surface area contributed by atoms with Gasteiger partial charge in [-0.05, 0) is 76.2 Å². The first-order valence-corrected chi connectivity index (χ1v) is 13.3. The van der Waals surface area contributed by atoms with Crippen LogP contribution in [0.1, 0.15) is 56.4 Å². The molecule has 4 aromatic rings. The highest BCUT2D eigenvalue weighted by Gasteiger charge is 2.17. The first kappa shape index (κ1) is 27.3. The molecule has 38 heavy (non-hydrogen) atoms. The van der Waals surface area contributed by atoms with Crippen molar-refractivity contribution in [2.45, 2.75) is 53.6 Å². The first-order valence-electron chi connectivity index (χ1n) is 12.5. The van der Waals surface area contributed by atoms with E-state index in [-0.39, 0.29) is 11.5 Å². The van der Waals surface area contributed by atoms with Gasteiger partial charge in [0.2, 0.25) is 0 Å². The average molecular weight is 579 g/mol. The molecule has 0 radical (unpaired) electrons. The molecule has 0 saturated carbocycles. The molecule has 0 bridgehead atoms. The van der Waals surface area contributed by atoms with Crippen molar-refractivity contribution in [3.05, 3.63) is 86.1 Å². The zero-order chi connectivity index (χ0) is 27.6. The number of aromatic nitrogens is 3. The van der Waals surface area contributed by atoms with Crippen LogP contribution in [0.4, 0.5) is 0 Å². The summed E-state index contributed by atoms with van der Waals surface area (Å²) < 4.78 is 15.0. The van der Waals surface area contributed by atoms with Crippen molar-refractivity contribution in [1.29, 1.82) is 0 Å². The van der Waals surface area contributed by atoms with Gasteiger partial charge in [0.05, 0.1) is 23.7 Å². The topological polar surface area (TPSA) is 87.7 Å². The van der Waals surface area contributed by atoms with Gasteiger partial charge in [-0.2, -0.15) is 9.78 Å². The second kappa shape index (κ2) is 11.3. The molecule has 0 aliphatic carbocycles. The van der Waals surface area contributed by atoms with E-state index in [1.54, 1.807) is 26.1 Å². The van der Waals surface area contributed by atoms with Gasteiger partial charge in [0.25, 0.3) is 5.56 Å². The van der Waals surface area contributed by atoms with Crippen LogP contribution in [0.3, 0.4) is 0 Å². The van der Waals surface area contributed by atoms with Gasteiger partial charge in [0.1, 0.15) is 11.6 Å². The SMILES string of the molecule is CCOC(=O)[C@@H](C)Oc1ccc(-n2c(C)cc(C=Nn3c(C(C)C)nc4ccc(Br)cc4c3=O)c2C)cc1. The lowest BCUT2D eigenvalue weighted by molar-refractivity contribution is -0.150. The number of benzene rings is 2. The molecular formula is C29H31BrN4O4. The second-order valence-corrected chi connectivity index (χ2v) is 10.2. The number of carbonyl (C=O) groups is 1. The summed E-state index contributed by atoms with van der Waals surface area (Å²) in [5.74, 6) is 0.788. The summed E-state index contributed by atoms with van der Waals surface area (Å²) >= 11 is 3.44. The quantitative estimate of drug-likeness (QED) is 0.192. The van der Waals surface area contributed by atoms with Gasteiger partial charge >= 0.3 is 5.97 Å². The van der Waals surface area contributed by atoms with Crippen molar-refractivity contribution >= 4 is 39.0 Å². The van der Waals surface area contributed by atoms with Gasteiger partial charge in [-0.3, -0.25) is 4.79 Å². The van der Waals surface area contributed by atoms with Crippen LogP contribution in [-0.4, -0.2) is 39.1 Å². The van der Waals surface area contributed by atoms with E-state index in [0.29, 0.717) is 29.1 Å². The number of hydrogen-bond donors (Lipinski definition) is 0. The van der Waals surface area contributed by atoms with E-state index in [2.05, 4.69) is 25.6 Å². The average Bonchev–Trinajstić information content (AvgIpc) is 3.16. The minimum absolute atomic E-state index is 0.00705. The highest BCUT2D eigenvalue weighted by atomic mass is 79.9. The smallest absolute Gasteiger partial charge is 0.347 e. The summed E-state index contributed by atoms with van der Waals surface area (Å²) in [5, 5.41) is 5.09. The molecule has 0 aliphatic rings. The zero-order valence-electron chi connectivity index (χ0n) is 22.4. The fourth-order valence-electron chi connectivity index (χ4n) is 4.27. The van der Waals surface area contributed by atoms with E-state index in [1.165, 1.54) is 4.68 Å². The molecule has 0 amide bonds. The Morgan fingerprint density at radius 2 is 1.82 bits per heavy atom. The van der Waals surface area contributed by atoms with Crippen molar-refractivity contribution in [2.75, 3.05) is 6.61 Å². The van der Waals surface area contributed by atoms with Crippen LogP contribution >= 0.6 is 15.9 Å². The second-order valence-electron chi connectivity index (χ2n) is 9.32. The fraction of sp³-hybridized carbons (Fsp3) is 0.310. The number of ether oxygens (including phenoxy) is 2. The Balaban J connectivity index is 1.65. The third-order valence-electron chi connectivity index (χ3n) is 6.16. The van der Waals surface area contributed by atoms with Crippen molar-refractivity contribution < 1.29 is 14.3 Å². The molecule has 0 saturated heterocycles. The van der Waals surface area contributed by atoms with Gasteiger partial charge in [0, 0.05) is 33.0 Å². The Labute approximate surface area is 230 Å². The van der Waals surface area contributed by atoms with Gasteiger partial charge in [-0.15, -0.1) is 0 Å². The number of nitrogens with zero attached hydrogens (tertiary/aromatic N) is 4. The Bertz CT molecular complexity index is 1570. The zero-order valence-corrected chi connectivity index (χ0v) is 23.9. The van der Waals surface area contributed by atoms with Gasteiger partial charge in [-0.25, -0.2) is 9.78 Å². The van der Waals surface area contributed by atoms with E-state index < -0.39 is 12.1 Å². The highest BCUT2D eigenvalue weighted by molar-refractivity contribution is 9.10. The number of hydrogen-bond acceptors (Lipinski definition) is 6. The summed E-state index contributed by atoms with van der Waals surface area (Å²) in [6, 6.07) is 15.0. The molecule has 2 aromatic heterocycles. The van der Waals surface area contributed by atoms with Gasteiger partial charge in [-0.1, -0.05) is 29.8 Å². The van der Waals surface area contributed by atoms with E-state index in [0.717, 1.165) is 27.1 Å². The summed E-state index contributed by atoms with van der Waals surface area (Å²) in [7, 11) is 0. The lowest BCUT2D eigenvalue weighted by atomic mass is 10.2. The molecule has 1 atom stereocenters. The molecule has 4 rings (SSSR count). The molecular weight excluding hydrogens is 548 g/mol. The Morgan fingerprint density at radius 1 is 1.11 bits per heavy atom. The standard InChI is InChI=1S/C29H31BrN4O4/c1-7-37-29(36)20(6)38-24-11-9-23(10-12-24)33-18(4)14-21(19(33)5)16-31-34-27(17(2)3)32-26-13-8-22(30)15-25(26)28(34)35/h8-17,20H,7H2,1-6H3/t20-/m1/s1. The van der Waals surface area contributed by atoms with Crippen LogP contribution in [0, 0.1) is 13.8 Å². The highest BCUT2D eigenvalue weighted by Crippen LogP contribution is 2.23. The van der Waals surface area contributed by atoms with Crippen molar-refractivity contribution in [2.24, 2.45) is 5.10 Å². The largest absolute Gasteiger partial charge is 0.479 e. The van der Waals surface area contributed by atoms with Crippen LogP contribution in [0.2, 0.25) is 0 Å². The van der Waals surface area contributed by atoms with E-state index in [1.807, 2.05) is 70.2 Å². The van der Waals surface area contributed by atoms with Crippen LogP contribution < -0.4 is 10.3 Å². The van der Waals surface area contributed by atoms with Crippen LogP contribution in [0.15, 0.2) is 62.9 Å². The molecule has 0 spiro atoms. The molecule has 0 aliphatic heterocycles. The van der Waals surface area contributed by atoms with Crippen LogP contribution in [0.5, 0.6) is 5.75 Å². The minimum Gasteiger partial charge on any atom is -0.479 e. The summed E-state index contributed by atoms with van der Waals surface area (Å²) in [6.45, 7) is 11.7. The third-order valence-corrected chi connectivity index (χ3v) is 6.65. The maximum absolute atomic E-state index is 13.3. The predicted octanol–water partition coefficient (Wildman–Crippen LogP) is 5.90. The van der Waals surface area contributed by atoms with Crippen molar-refractivity contribution in [3.8, 4) is 11.4 Å². The Morgan fingerprint density at radius 3 is 2.47 bits per heavy atom. The summed E-state index contributed by atoms with van der Waals surface area (Å²) in [6.07, 6.45) is 1.01. The number of rotatable bonds is 8. The molecule has 2 aromatic carbocycles. The van der Waals surface area contributed by atoms with E-state index in [9.17, 15) is 9.59 Å². The predicted molar refractivity (Wildman–Crippen MR) is 153 cm³/mol. The van der Waals surface area contributed by atoms with E-state index >= 15 is 0 Å². The molecule has 198 valence electrons. The normalized spacial score (nSPS) is 12.4. The molecule has 9 heteroatoms. The maximum atomic E-state index is 13.3. The number of fused-ring (bicyclic) bond motifs is 1. The molecule has 0 N–H and O–H groups in total. The number of carbonyl (C=O) groups excluding carboxylic acids is 1. The number of halogens is 1. The molecule has 0 fully saturated rings. The summed E-state index contributed by atoms with van der Waals surface area (Å²) in [5.41, 5.74) is 4.24. The lowest BCUT2D eigenvalue weighted by Gasteiger charge is -2.15. The first-order chi connectivity index (χ1) is 18.1. The molecule has 2 heterocycles.